The smallest absolute Gasteiger partial charge is 0.0935 e. The van der Waals surface area contributed by atoms with Gasteiger partial charge >= 0.3 is 0 Å². The molecule has 0 bridgehead atoms. The van der Waals surface area contributed by atoms with Crippen LogP contribution in [0, 0.1) is 0 Å². The molecule has 2 heterocycles. The SMILES string of the molecule is NC(CCC1CCCCO1)Cc1ccoc1. The minimum absolute atomic E-state index is 0.225. The Morgan fingerprint density at radius 2 is 2.38 bits per heavy atom. The molecule has 0 aromatic carbocycles. The van der Waals surface area contributed by atoms with Crippen molar-refractivity contribution < 1.29 is 9.15 Å². The highest BCUT2D eigenvalue weighted by Crippen LogP contribution is 2.18. The Balaban J connectivity index is 1.65. The Labute approximate surface area is 97.0 Å². The van der Waals surface area contributed by atoms with Crippen molar-refractivity contribution in [3.05, 3.63) is 24.2 Å². The van der Waals surface area contributed by atoms with Gasteiger partial charge in [-0.15, -0.1) is 0 Å². The minimum Gasteiger partial charge on any atom is -0.472 e. The third-order valence-corrected chi connectivity index (χ3v) is 3.21. The van der Waals surface area contributed by atoms with Crippen LogP contribution in [-0.4, -0.2) is 18.8 Å². The summed E-state index contributed by atoms with van der Waals surface area (Å²) >= 11 is 0. The summed E-state index contributed by atoms with van der Waals surface area (Å²) in [5.74, 6) is 0. The van der Waals surface area contributed by atoms with Crippen LogP contribution in [-0.2, 0) is 11.2 Å². The van der Waals surface area contributed by atoms with Gasteiger partial charge in [-0.3, -0.25) is 0 Å². The van der Waals surface area contributed by atoms with E-state index in [0.29, 0.717) is 6.10 Å². The molecule has 1 aliphatic rings. The van der Waals surface area contributed by atoms with Crippen LogP contribution in [0.1, 0.15) is 37.7 Å². The van der Waals surface area contributed by atoms with E-state index < -0.39 is 0 Å². The molecule has 1 fully saturated rings. The van der Waals surface area contributed by atoms with E-state index in [1.165, 1.54) is 24.8 Å². The minimum atomic E-state index is 0.225. The summed E-state index contributed by atoms with van der Waals surface area (Å²) in [5, 5.41) is 0. The van der Waals surface area contributed by atoms with Crippen molar-refractivity contribution in [1.29, 1.82) is 0 Å². The molecule has 16 heavy (non-hydrogen) atoms. The first-order valence-corrected chi connectivity index (χ1v) is 6.23. The van der Waals surface area contributed by atoms with Gasteiger partial charge in [0.05, 0.1) is 18.6 Å². The Kier molecular flexibility index (Phi) is 4.43. The molecule has 2 unspecified atom stereocenters. The quantitative estimate of drug-likeness (QED) is 0.834. The fourth-order valence-electron chi connectivity index (χ4n) is 2.25. The highest BCUT2D eigenvalue weighted by Gasteiger charge is 2.15. The fourth-order valence-corrected chi connectivity index (χ4v) is 2.25. The van der Waals surface area contributed by atoms with Gasteiger partial charge in [0.15, 0.2) is 0 Å². The van der Waals surface area contributed by atoms with Gasteiger partial charge in [-0.1, -0.05) is 0 Å². The van der Waals surface area contributed by atoms with Gasteiger partial charge in [-0.05, 0) is 50.2 Å². The number of hydrogen-bond donors (Lipinski definition) is 1. The lowest BCUT2D eigenvalue weighted by Gasteiger charge is -2.23. The van der Waals surface area contributed by atoms with E-state index in [9.17, 15) is 0 Å². The van der Waals surface area contributed by atoms with E-state index >= 15 is 0 Å². The number of ether oxygens (including phenoxy) is 1. The maximum atomic E-state index is 6.08. The highest BCUT2D eigenvalue weighted by molar-refractivity contribution is 5.06. The van der Waals surface area contributed by atoms with Gasteiger partial charge in [-0.2, -0.15) is 0 Å². The lowest BCUT2D eigenvalue weighted by molar-refractivity contribution is 0.00915. The zero-order chi connectivity index (χ0) is 11.2. The molecule has 90 valence electrons. The van der Waals surface area contributed by atoms with Gasteiger partial charge in [0.2, 0.25) is 0 Å². The summed E-state index contributed by atoms with van der Waals surface area (Å²) in [6, 6.07) is 2.21. The molecular weight excluding hydrogens is 202 g/mol. The first-order chi connectivity index (χ1) is 7.84. The third kappa shape index (κ3) is 3.65. The second kappa shape index (κ2) is 6.06. The van der Waals surface area contributed by atoms with Gasteiger partial charge in [0, 0.05) is 12.6 Å². The maximum Gasteiger partial charge on any atom is 0.0935 e. The van der Waals surface area contributed by atoms with Gasteiger partial charge in [-0.25, -0.2) is 0 Å². The molecular formula is C13H21NO2. The topological polar surface area (TPSA) is 48.4 Å². The normalized spacial score (nSPS) is 23.2. The molecule has 1 aliphatic heterocycles. The molecule has 0 radical (unpaired) electrons. The van der Waals surface area contributed by atoms with Crippen LogP contribution >= 0.6 is 0 Å². The Morgan fingerprint density at radius 3 is 3.06 bits per heavy atom. The number of nitrogens with two attached hydrogens (primary N) is 1. The fraction of sp³-hybridized carbons (Fsp3) is 0.692. The van der Waals surface area contributed by atoms with Crippen molar-refractivity contribution in [2.75, 3.05) is 6.61 Å². The lowest BCUT2D eigenvalue weighted by atomic mass is 9.99. The van der Waals surface area contributed by atoms with Gasteiger partial charge in [0.1, 0.15) is 0 Å². The van der Waals surface area contributed by atoms with Crippen LogP contribution in [0.25, 0.3) is 0 Å². The maximum absolute atomic E-state index is 6.08. The van der Waals surface area contributed by atoms with Crippen LogP contribution in [0.15, 0.2) is 23.0 Å². The van der Waals surface area contributed by atoms with Gasteiger partial charge < -0.3 is 14.9 Å². The van der Waals surface area contributed by atoms with Crippen molar-refractivity contribution in [3.8, 4) is 0 Å². The molecule has 2 N–H and O–H groups in total. The molecule has 3 heteroatoms. The van der Waals surface area contributed by atoms with E-state index in [1.54, 1.807) is 12.5 Å². The Hall–Kier alpha value is -0.800. The summed E-state index contributed by atoms with van der Waals surface area (Å²) in [6.45, 7) is 0.932. The molecule has 0 saturated carbocycles. The first-order valence-electron chi connectivity index (χ1n) is 6.23. The average Bonchev–Trinajstić information content (AvgIpc) is 2.81. The van der Waals surface area contributed by atoms with E-state index in [1.807, 2.05) is 6.07 Å². The number of rotatable bonds is 5. The zero-order valence-corrected chi connectivity index (χ0v) is 9.73. The Morgan fingerprint density at radius 1 is 1.44 bits per heavy atom. The summed E-state index contributed by atoms with van der Waals surface area (Å²) in [4.78, 5) is 0. The van der Waals surface area contributed by atoms with Crippen molar-refractivity contribution >= 4 is 0 Å². The largest absolute Gasteiger partial charge is 0.472 e. The molecule has 1 aromatic rings. The Bertz CT molecular complexity index is 278. The molecule has 0 aliphatic carbocycles. The van der Waals surface area contributed by atoms with E-state index in [4.69, 9.17) is 14.9 Å². The third-order valence-electron chi connectivity index (χ3n) is 3.21. The number of hydrogen-bond acceptors (Lipinski definition) is 3. The summed E-state index contributed by atoms with van der Waals surface area (Å²) in [7, 11) is 0. The van der Waals surface area contributed by atoms with E-state index in [2.05, 4.69) is 0 Å². The van der Waals surface area contributed by atoms with Crippen molar-refractivity contribution in [2.45, 2.75) is 50.7 Å². The summed E-state index contributed by atoms with van der Waals surface area (Å²) < 4.78 is 10.7. The zero-order valence-electron chi connectivity index (χ0n) is 9.73. The van der Waals surface area contributed by atoms with E-state index in [-0.39, 0.29) is 6.04 Å². The molecule has 2 rings (SSSR count). The number of furan rings is 1. The summed E-state index contributed by atoms with van der Waals surface area (Å²) in [6.07, 6.45) is 10.7. The van der Waals surface area contributed by atoms with E-state index in [0.717, 1.165) is 25.9 Å². The first kappa shape index (κ1) is 11.7. The molecule has 1 saturated heterocycles. The lowest BCUT2D eigenvalue weighted by Crippen LogP contribution is -2.26. The average molecular weight is 223 g/mol. The van der Waals surface area contributed by atoms with Crippen LogP contribution in [0.4, 0.5) is 0 Å². The summed E-state index contributed by atoms with van der Waals surface area (Å²) in [5.41, 5.74) is 7.28. The molecule has 0 spiro atoms. The molecule has 2 atom stereocenters. The predicted molar refractivity (Wildman–Crippen MR) is 63.2 cm³/mol. The van der Waals surface area contributed by atoms with Crippen molar-refractivity contribution in [1.82, 2.24) is 0 Å². The molecule has 1 aromatic heterocycles. The second-order valence-corrected chi connectivity index (χ2v) is 4.66. The molecule has 0 amide bonds. The van der Waals surface area contributed by atoms with Crippen LogP contribution < -0.4 is 5.73 Å². The standard InChI is InChI=1S/C13H21NO2/c14-12(9-11-6-8-15-10-11)4-5-13-3-1-2-7-16-13/h6,8,10,12-13H,1-5,7,9,14H2. The second-order valence-electron chi connectivity index (χ2n) is 4.66. The molecule has 3 nitrogen and oxygen atoms in total. The van der Waals surface area contributed by atoms with Crippen molar-refractivity contribution in [2.24, 2.45) is 5.73 Å². The predicted octanol–water partition coefficient (Wildman–Crippen LogP) is 2.50. The van der Waals surface area contributed by atoms with Crippen LogP contribution in [0.5, 0.6) is 0 Å². The van der Waals surface area contributed by atoms with Crippen LogP contribution in [0.2, 0.25) is 0 Å². The van der Waals surface area contributed by atoms with Crippen LogP contribution in [0.3, 0.4) is 0 Å². The van der Waals surface area contributed by atoms with Crippen molar-refractivity contribution in [3.63, 3.8) is 0 Å². The van der Waals surface area contributed by atoms with Gasteiger partial charge in [0.25, 0.3) is 0 Å². The highest BCUT2D eigenvalue weighted by atomic mass is 16.5. The monoisotopic (exact) mass is 223 g/mol.